The fourth-order valence-corrected chi connectivity index (χ4v) is 6.05. The largest absolute Gasteiger partial charge is 0.391 e. The van der Waals surface area contributed by atoms with Crippen LogP contribution in [0.3, 0.4) is 0 Å². The summed E-state index contributed by atoms with van der Waals surface area (Å²) in [5.74, 6) is 0. The highest BCUT2D eigenvalue weighted by Gasteiger charge is 2.53. The van der Waals surface area contributed by atoms with Crippen molar-refractivity contribution in [2.24, 2.45) is 33.8 Å². The lowest BCUT2D eigenvalue weighted by Crippen LogP contribution is -2.69. The van der Waals surface area contributed by atoms with E-state index in [-0.39, 0.29) is 30.7 Å². The number of ether oxygens (including phenoxy) is 5. The van der Waals surface area contributed by atoms with Gasteiger partial charge in [0.15, 0.2) is 18.9 Å². The normalized spacial score (nSPS) is 48.1. The Hall–Kier alpha value is -0.960. The predicted molar refractivity (Wildman–Crippen MR) is 143 cm³/mol. The third-order valence-electron chi connectivity index (χ3n) is 8.60. The fraction of sp³-hybridized carbons (Fsp3) is 1.00. The first-order chi connectivity index (χ1) is 19.1. The molecule has 4 fully saturated rings. The topological polar surface area (TPSA) is 270 Å². The van der Waals surface area contributed by atoms with Crippen molar-refractivity contribution in [3.05, 3.63) is 4.91 Å². The predicted octanol–water partition coefficient (Wildman–Crippen LogP) is -4.17. The molecular weight excluding hydrogens is 528 g/mol. The summed E-state index contributed by atoms with van der Waals surface area (Å²) in [4.78, 5) is 11.8. The Labute approximate surface area is 234 Å². The number of nitrogens with zero attached hydrogens (tertiary/aromatic N) is 1. The quantitative estimate of drug-likeness (QED) is 0.112. The van der Waals surface area contributed by atoms with Gasteiger partial charge in [0.25, 0.3) is 0 Å². The number of hydrogen-bond acceptors (Lipinski definition) is 16. The van der Waals surface area contributed by atoms with Crippen LogP contribution in [0.4, 0.5) is 0 Å². The molecule has 3 heterocycles. The van der Waals surface area contributed by atoms with Crippen LogP contribution in [-0.2, 0) is 23.7 Å². The minimum Gasteiger partial charge on any atom is -0.391 e. The van der Waals surface area contributed by atoms with Crippen LogP contribution in [0.25, 0.3) is 0 Å². The van der Waals surface area contributed by atoms with Crippen molar-refractivity contribution in [2.75, 3.05) is 20.1 Å². The van der Waals surface area contributed by atoms with E-state index in [1.807, 2.05) is 6.92 Å². The fourth-order valence-electron chi connectivity index (χ4n) is 6.05. The van der Waals surface area contributed by atoms with Gasteiger partial charge in [0.1, 0.15) is 18.2 Å². The maximum Gasteiger partial charge on any atom is 0.186 e. The molecule has 0 aromatic heterocycles. The lowest BCUT2D eigenvalue weighted by atomic mass is 9.87. The molecule has 15 atom stereocenters. The van der Waals surface area contributed by atoms with E-state index in [0.717, 1.165) is 0 Å². The van der Waals surface area contributed by atoms with E-state index in [4.69, 9.17) is 52.4 Å². The van der Waals surface area contributed by atoms with Gasteiger partial charge in [-0.15, -0.1) is 0 Å². The molecule has 40 heavy (non-hydrogen) atoms. The smallest absolute Gasteiger partial charge is 0.186 e. The standard InChI is InChI=1S/C24H48N8O8/c1-9-14(31-10(7-25)8-26)5-15(32-35)23(36-9)40-24-19(30-2)20(34)21-18(38-24)4-13(29)22(39-21)37-17-6-16(33)11(27)3-12(17)28/h9-24,30-31,33-34H,3-8,25-29H2,1-2H3/t9?,11-,12?,13?,14+,15?,16?,17+,18+,19?,20?,21?,22+,23-,24?/m1/s1. The molecule has 0 radical (unpaired) electrons. The number of likely N-dealkylation sites (N-methyl/N-ethyl adjacent to an activating group) is 1. The van der Waals surface area contributed by atoms with Crippen molar-refractivity contribution in [2.45, 2.75) is 130 Å². The monoisotopic (exact) mass is 576 g/mol. The summed E-state index contributed by atoms with van der Waals surface area (Å²) < 4.78 is 30.6. The lowest BCUT2D eigenvalue weighted by molar-refractivity contribution is -0.357. The second-order valence-electron chi connectivity index (χ2n) is 11.5. The first kappa shape index (κ1) is 32.0. The minimum atomic E-state index is -1.07. The van der Waals surface area contributed by atoms with Crippen molar-refractivity contribution in [3.63, 3.8) is 0 Å². The van der Waals surface area contributed by atoms with Crippen LogP contribution < -0.4 is 39.3 Å². The van der Waals surface area contributed by atoms with Crippen molar-refractivity contribution in [1.82, 2.24) is 10.6 Å². The summed E-state index contributed by atoms with van der Waals surface area (Å²) in [5.41, 5.74) is 30.0. The zero-order valence-corrected chi connectivity index (χ0v) is 23.2. The number of nitrogens with one attached hydrogen (secondary N) is 2. The van der Waals surface area contributed by atoms with Crippen LogP contribution in [0, 0.1) is 4.91 Å². The summed E-state index contributed by atoms with van der Waals surface area (Å²) in [6.07, 6.45) is -5.56. The van der Waals surface area contributed by atoms with Gasteiger partial charge >= 0.3 is 0 Å². The summed E-state index contributed by atoms with van der Waals surface area (Å²) in [7, 11) is 1.65. The Kier molecular flexibility index (Phi) is 11.2. The van der Waals surface area contributed by atoms with Gasteiger partial charge in [-0.1, -0.05) is 5.18 Å². The highest BCUT2D eigenvalue weighted by molar-refractivity contribution is 5.00. The van der Waals surface area contributed by atoms with Gasteiger partial charge in [-0.05, 0) is 33.2 Å². The third-order valence-corrected chi connectivity index (χ3v) is 8.60. The maximum absolute atomic E-state index is 11.8. The number of rotatable bonds is 10. The Bertz CT molecular complexity index is 815. The Morgan fingerprint density at radius 2 is 1.65 bits per heavy atom. The molecule has 0 amide bonds. The van der Waals surface area contributed by atoms with E-state index < -0.39 is 73.6 Å². The molecule has 0 aromatic carbocycles. The van der Waals surface area contributed by atoms with Crippen molar-refractivity contribution < 1.29 is 33.9 Å². The van der Waals surface area contributed by atoms with E-state index in [9.17, 15) is 15.1 Å². The van der Waals surface area contributed by atoms with Gasteiger partial charge in [-0.2, -0.15) is 4.91 Å². The van der Waals surface area contributed by atoms with Gasteiger partial charge in [0.05, 0.1) is 36.5 Å². The molecule has 0 aromatic rings. The summed E-state index contributed by atoms with van der Waals surface area (Å²) in [5, 5.41) is 31.1. The van der Waals surface area contributed by atoms with Crippen molar-refractivity contribution >= 4 is 0 Å². The SMILES string of the molecule is CNC1C(O[C@H]2OC(C)[C@@H](NC(CN)CN)CC2N=O)O[C@H]2CC(N)[C@@H](O[C@H]3CC(O)[C@H](N)CC3N)OC2C1O. The highest BCUT2D eigenvalue weighted by Crippen LogP contribution is 2.35. The van der Waals surface area contributed by atoms with Crippen LogP contribution >= 0.6 is 0 Å². The molecule has 14 N–H and O–H groups in total. The maximum atomic E-state index is 11.8. The Balaban J connectivity index is 1.39. The number of fused-ring (bicyclic) bond motifs is 1. The highest BCUT2D eigenvalue weighted by atomic mass is 16.8. The van der Waals surface area contributed by atoms with Crippen LogP contribution in [0.1, 0.15) is 32.6 Å². The third kappa shape index (κ3) is 6.98. The van der Waals surface area contributed by atoms with Gasteiger partial charge in [0, 0.05) is 43.7 Å². The molecule has 1 aliphatic carbocycles. The average Bonchev–Trinajstić information content (AvgIpc) is 2.92. The molecule has 0 spiro atoms. The molecule has 3 saturated heterocycles. The van der Waals surface area contributed by atoms with Gasteiger partial charge in [-0.3, -0.25) is 0 Å². The van der Waals surface area contributed by atoms with Gasteiger partial charge < -0.3 is 73.2 Å². The second kappa shape index (κ2) is 14.0. The number of nitroso groups, excluding NO2 is 1. The van der Waals surface area contributed by atoms with E-state index >= 15 is 0 Å². The zero-order valence-electron chi connectivity index (χ0n) is 23.2. The number of aliphatic hydroxyl groups excluding tert-OH is 2. The van der Waals surface area contributed by atoms with Gasteiger partial charge in [0.2, 0.25) is 0 Å². The van der Waals surface area contributed by atoms with Crippen molar-refractivity contribution in [3.8, 4) is 0 Å². The Morgan fingerprint density at radius 3 is 2.30 bits per heavy atom. The lowest BCUT2D eigenvalue weighted by Gasteiger charge is -2.51. The van der Waals surface area contributed by atoms with E-state index in [1.165, 1.54) is 0 Å². The first-order valence-electron chi connectivity index (χ1n) is 14.2. The molecule has 0 bridgehead atoms. The van der Waals surface area contributed by atoms with Crippen molar-refractivity contribution in [1.29, 1.82) is 0 Å². The molecule has 4 rings (SSSR count). The molecular formula is C24H48N8O8. The Morgan fingerprint density at radius 1 is 0.925 bits per heavy atom. The molecule has 3 aliphatic heterocycles. The van der Waals surface area contributed by atoms with Crippen LogP contribution in [-0.4, -0.2) is 128 Å². The van der Waals surface area contributed by atoms with Crippen LogP contribution in [0.15, 0.2) is 5.18 Å². The number of aliphatic hydroxyl groups is 2. The number of nitrogens with two attached hydrogens (primary N) is 5. The molecule has 9 unspecified atom stereocenters. The molecule has 16 heteroatoms. The average molecular weight is 577 g/mol. The van der Waals surface area contributed by atoms with Crippen LogP contribution in [0.2, 0.25) is 0 Å². The summed E-state index contributed by atoms with van der Waals surface area (Å²) in [6.45, 7) is 2.55. The molecule has 4 aliphatic rings. The second-order valence-corrected chi connectivity index (χ2v) is 11.5. The van der Waals surface area contributed by atoms with E-state index in [2.05, 4.69) is 15.8 Å². The van der Waals surface area contributed by atoms with Gasteiger partial charge in [-0.25, -0.2) is 0 Å². The number of hydrogen-bond donors (Lipinski definition) is 9. The summed E-state index contributed by atoms with van der Waals surface area (Å²) in [6, 6.07) is -3.27. The first-order valence-corrected chi connectivity index (χ1v) is 14.2. The molecule has 232 valence electrons. The van der Waals surface area contributed by atoms with E-state index in [1.54, 1.807) is 7.05 Å². The van der Waals surface area contributed by atoms with E-state index in [0.29, 0.717) is 32.4 Å². The molecule has 1 saturated carbocycles. The van der Waals surface area contributed by atoms with Crippen LogP contribution in [0.5, 0.6) is 0 Å². The zero-order chi connectivity index (χ0) is 29.1. The summed E-state index contributed by atoms with van der Waals surface area (Å²) >= 11 is 0. The minimum absolute atomic E-state index is 0.122. The molecule has 16 nitrogen and oxygen atoms in total.